The summed E-state index contributed by atoms with van der Waals surface area (Å²) in [5.41, 5.74) is 4.30. The van der Waals surface area contributed by atoms with Crippen LogP contribution in [0.3, 0.4) is 0 Å². The smallest absolute Gasteiger partial charge is 0.316 e. The predicted molar refractivity (Wildman–Crippen MR) is 162 cm³/mol. The predicted octanol–water partition coefficient (Wildman–Crippen LogP) is 7.42. The van der Waals surface area contributed by atoms with Crippen LogP contribution in [0.2, 0.25) is 0 Å². The number of halogens is 4. The number of amides is 3. The van der Waals surface area contributed by atoms with Crippen molar-refractivity contribution in [2.75, 3.05) is 16.3 Å². The van der Waals surface area contributed by atoms with Gasteiger partial charge in [0, 0.05) is 36.5 Å². The van der Waals surface area contributed by atoms with E-state index >= 15 is 0 Å². The molecule has 0 spiro atoms. The van der Waals surface area contributed by atoms with Gasteiger partial charge in [-0.15, -0.1) is 0 Å². The lowest BCUT2D eigenvalue weighted by atomic mass is 10.1. The Morgan fingerprint density at radius 1 is 0.795 bits per heavy atom. The minimum Gasteiger partial charge on any atom is -0.426 e. The van der Waals surface area contributed by atoms with Gasteiger partial charge in [-0.1, -0.05) is 17.7 Å². The van der Waals surface area contributed by atoms with Crippen molar-refractivity contribution in [3.05, 3.63) is 82.1 Å². The average Bonchev–Trinajstić information content (AvgIpc) is 3.38. The van der Waals surface area contributed by atoms with Crippen LogP contribution in [0.1, 0.15) is 43.8 Å². The zero-order valence-corrected chi connectivity index (χ0v) is 27.2. The number of carbonyl (C=O) groups is 4. The molecule has 39 heavy (non-hydrogen) atoms. The van der Waals surface area contributed by atoms with E-state index in [9.17, 15) is 19.2 Å². The van der Waals surface area contributed by atoms with Crippen molar-refractivity contribution < 1.29 is 23.9 Å². The van der Waals surface area contributed by atoms with Gasteiger partial charge >= 0.3 is 5.97 Å². The molecule has 3 aromatic rings. The van der Waals surface area contributed by atoms with Crippen molar-refractivity contribution in [3.8, 4) is 5.75 Å². The maximum absolute atomic E-state index is 13.4. The summed E-state index contributed by atoms with van der Waals surface area (Å²) < 4.78 is 7.79. The fourth-order valence-corrected chi connectivity index (χ4v) is 7.37. The highest BCUT2D eigenvalue weighted by atomic mass is 79.9. The molecule has 1 atom stereocenters. The molecule has 1 saturated heterocycles. The van der Waals surface area contributed by atoms with Crippen LogP contribution in [0.4, 0.5) is 11.4 Å². The van der Waals surface area contributed by atoms with Crippen LogP contribution in [0.25, 0.3) is 0 Å². The van der Waals surface area contributed by atoms with Crippen LogP contribution >= 0.6 is 63.7 Å². The third-order valence-electron chi connectivity index (χ3n) is 6.83. The van der Waals surface area contributed by atoms with Gasteiger partial charge < -0.3 is 9.64 Å². The summed E-state index contributed by atoms with van der Waals surface area (Å²) in [6.07, 6.45) is 0.0626. The van der Waals surface area contributed by atoms with E-state index in [1.807, 2.05) is 32.0 Å². The molecule has 0 aliphatic carbocycles. The minimum absolute atomic E-state index is 0.0626. The molecule has 2 aliphatic heterocycles. The number of hydrogen-bond donors (Lipinski definition) is 0. The summed E-state index contributed by atoms with van der Waals surface area (Å²) in [5.74, 6) is -1.92. The van der Waals surface area contributed by atoms with Crippen LogP contribution < -0.4 is 14.5 Å². The maximum Gasteiger partial charge on any atom is 0.316 e. The molecule has 200 valence electrons. The van der Waals surface area contributed by atoms with Crippen LogP contribution in [0.15, 0.2) is 54.3 Å². The van der Waals surface area contributed by atoms with E-state index in [1.165, 1.54) is 0 Å². The number of fused-ring (bicyclic) bond motifs is 1. The van der Waals surface area contributed by atoms with Crippen molar-refractivity contribution in [1.82, 2.24) is 0 Å². The van der Waals surface area contributed by atoms with Crippen molar-refractivity contribution in [3.63, 3.8) is 0 Å². The molecule has 0 N–H and O–H groups in total. The van der Waals surface area contributed by atoms with Gasteiger partial charge in [-0.2, -0.15) is 0 Å². The highest BCUT2D eigenvalue weighted by molar-refractivity contribution is 9.15. The Hall–Kier alpha value is -2.34. The molecule has 0 saturated carbocycles. The lowest BCUT2D eigenvalue weighted by Gasteiger charge is -2.19. The summed E-state index contributed by atoms with van der Waals surface area (Å²) in [4.78, 5) is 55.1. The Morgan fingerprint density at radius 2 is 1.36 bits per heavy atom. The first-order valence-electron chi connectivity index (χ1n) is 11.8. The Morgan fingerprint density at radius 3 is 1.92 bits per heavy atom. The minimum atomic E-state index is -0.610. The van der Waals surface area contributed by atoms with E-state index in [2.05, 4.69) is 63.7 Å². The number of aryl methyl sites for hydroxylation is 3. The largest absolute Gasteiger partial charge is 0.426 e. The van der Waals surface area contributed by atoms with Gasteiger partial charge in [0.25, 0.3) is 11.8 Å². The van der Waals surface area contributed by atoms with Crippen molar-refractivity contribution in [1.29, 1.82) is 0 Å². The summed E-state index contributed by atoms with van der Waals surface area (Å²) >= 11 is 13.7. The molecule has 1 fully saturated rings. The van der Waals surface area contributed by atoms with E-state index < -0.39 is 23.7 Å². The van der Waals surface area contributed by atoms with Gasteiger partial charge in [-0.05, 0) is 120 Å². The van der Waals surface area contributed by atoms with Gasteiger partial charge in [-0.3, -0.25) is 19.2 Å². The van der Waals surface area contributed by atoms with Gasteiger partial charge in [-0.25, -0.2) is 4.90 Å². The van der Waals surface area contributed by atoms with E-state index in [0.717, 1.165) is 21.7 Å². The summed E-state index contributed by atoms with van der Waals surface area (Å²) in [6.45, 7) is 5.89. The molecule has 5 rings (SSSR count). The molecule has 0 radical (unpaired) electrons. The van der Waals surface area contributed by atoms with E-state index in [0.29, 0.717) is 29.1 Å². The second kappa shape index (κ2) is 10.6. The number of nitrogens with zero attached hydrogens (tertiary/aromatic N) is 2. The Bertz CT molecular complexity index is 1570. The number of esters is 1. The highest BCUT2D eigenvalue weighted by Crippen LogP contribution is 2.46. The number of benzene rings is 3. The highest BCUT2D eigenvalue weighted by Gasteiger charge is 2.42. The Labute approximate surface area is 258 Å². The molecular weight excluding hydrogens is 764 g/mol. The summed E-state index contributed by atoms with van der Waals surface area (Å²) in [5, 5.41) is 0. The lowest BCUT2D eigenvalue weighted by molar-refractivity contribution is -0.139. The van der Waals surface area contributed by atoms with E-state index in [4.69, 9.17) is 4.74 Å². The number of imide groups is 1. The van der Waals surface area contributed by atoms with Crippen molar-refractivity contribution in [2.24, 2.45) is 5.92 Å². The average molecular weight is 784 g/mol. The fraction of sp³-hybridized carbons (Fsp3) is 0.214. The molecule has 2 heterocycles. The molecule has 0 bridgehead atoms. The van der Waals surface area contributed by atoms with Gasteiger partial charge in [0.1, 0.15) is 5.75 Å². The van der Waals surface area contributed by atoms with Gasteiger partial charge in [0.2, 0.25) is 5.91 Å². The molecule has 0 aromatic heterocycles. The molecule has 7 nitrogen and oxygen atoms in total. The molecule has 3 aromatic carbocycles. The van der Waals surface area contributed by atoms with Crippen LogP contribution in [0, 0.1) is 26.7 Å². The first-order valence-corrected chi connectivity index (χ1v) is 15.0. The van der Waals surface area contributed by atoms with Crippen LogP contribution in [-0.4, -0.2) is 30.2 Å². The van der Waals surface area contributed by atoms with Crippen LogP contribution in [-0.2, 0) is 9.59 Å². The third-order valence-corrected chi connectivity index (χ3v) is 11.6. The van der Waals surface area contributed by atoms with E-state index in [-0.39, 0.29) is 35.7 Å². The number of carbonyl (C=O) groups excluding carboxylic acids is 4. The quantitative estimate of drug-likeness (QED) is 0.0905. The molecule has 11 heteroatoms. The number of rotatable bonds is 4. The van der Waals surface area contributed by atoms with Crippen molar-refractivity contribution in [2.45, 2.75) is 27.2 Å². The summed E-state index contributed by atoms with van der Waals surface area (Å²) in [6, 6.07) is 10.6. The summed E-state index contributed by atoms with van der Waals surface area (Å²) in [7, 11) is 0. The first-order chi connectivity index (χ1) is 18.4. The second-order valence-corrected chi connectivity index (χ2v) is 12.7. The fourth-order valence-electron chi connectivity index (χ4n) is 4.92. The van der Waals surface area contributed by atoms with Crippen LogP contribution in [0.5, 0.6) is 5.75 Å². The Balaban J connectivity index is 1.35. The SMILES string of the molecule is Cc1ccc(N2C[C@@H](C(=O)Oc3ccc(N4C(=O)c5c(Br)c(Br)c(Br)c(Br)c5C4=O)c(C)c3)CC2=O)c(C)c1. The molecule has 3 amide bonds. The standard InChI is InChI=1S/C28H20Br4N2O5/c1-12-4-6-17(13(2)8-12)33-11-15(10-19(33)35)28(38)39-16-5-7-18(14(3)9-16)34-26(36)20-21(27(34)37)23(30)25(32)24(31)22(20)29/h4-9,15H,10-11H2,1-3H3/t15-/m0/s1. The third kappa shape index (κ3) is 4.81. The van der Waals surface area contributed by atoms with E-state index in [1.54, 1.807) is 30.0 Å². The maximum atomic E-state index is 13.4. The zero-order chi connectivity index (χ0) is 28.3. The first kappa shape index (κ1) is 28.2. The van der Waals surface area contributed by atoms with Gasteiger partial charge in [0.05, 0.1) is 22.7 Å². The van der Waals surface area contributed by atoms with Crippen molar-refractivity contribution >= 4 is 98.8 Å². The zero-order valence-electron chi connectivity index (χ0n) is 20.9. The number of anilines is 2. The lowest BCUT2D eigenvalue weighted by Crippen LogP contribution is -2.30. The number of ether oxygens (including phenoxy) is 1. The normalized spacial score (nSPS) is 16.8. The molecular formula is C28H20Br4N2O5. The molecule has 2 aliphatic rings. The topological polar surface area (TPSA) is 84.0 Å². The second-order valence-electron chi connectivity index (χ2n) is 9.52. The Kier molecular flexibility index (Phi) is 7.64. The van der Waals surface area contributed by atoms with Gasteiger partial charge in [0.15, 0.2) is 0 Å². The molecule has 0 unspecified atom stereocenters. The number of hydrogen-bond acceptors (Lipinski definition) is 5. The monoisotopic (exact) mass is 780 g/mol.